The van der Waals surface area contributed by atoms with Crippen LogP contribution < -0.4 is 0 Å². The van der Waals surface area contributed by atoms with E-state index in [1.165, 1.54) is 0 Å². The molecular formula is C13H34O3Si4. The van der Waals surface area contributed by atoms with E-state index in [4.69, 9.17) is 12.3 Å². The molecule has 0 aromatic rings. The lowest BCUT2D eigenvalue weighted by Gasteiger charge is -2.41. The molecule has 0 bridgehead atoms. The molecule has 0 aromatic heterocycles. The van der Waals surface area contributed by atoms with E-state index in [-0.39, 0.29) is 0 Å². The maximum Gasteiger partial charge on any atom is 0.497 e. The topological polar surface area (TPSA) is 27.7 Å². The van der Waals surface area contributed by atoms with Crippen LogP contribution in [0.25, 0.3) is 0 Å². The van der Waals surface area contributed by atoms with Gasteiger partial charge in [-0.25, -0.2) is 0 Å². The van der Waals surface area contributed by atoms with Gasteiger partial charge in [-0.3, -0.25) is 0 Å². The molecule has 0 unspecified atom stereocenters. The van der Waals surface area contributed by atoms with Gasteiger partial charge in [0.15, 0.2) is 25.0 Å². The van der Waals surface area contributed by atoms with Crippen molar-refractivity contribution in [3.63, 3.8) is 0 Å². The smallest absolute Gasteiger partial charge is 0.414 e. The highest BCUT2D eigenvalue weighted by Crippen LogP contribution is 2.26. The molecule has 0 fully saturated rings. The van der Waals surface area contributed by atoms with Gasteiger partial charge >= 0.3 is 8.80 Å². The fourth-order valence-corrected chi connectivity index (χ4v) is 14.9. The summed E-state index contributed by atoms with van der Waals surface area (Å²) in [5.74, 6) is 0. The number of hydrogen-bond donors (Lipinski definition) is 0. The first-order chi connectivity index (χ1) is 8.68. The minimum Gasteiger partial charge on any atom is -0.414 e. The zero-order valence-electron chi connectivity index (χ0n) is 15.1. The molecule has 0 radical (unpaired) electrons. The van der Waals surface area contributed by atoms with Crippen LogP contribution in [-0.2, 0) is 12.3 Å². The van der Waals surface area contributed by atoms with Gasteiger partial charge in [0.25, 0.3) is 0 Å². The average Bonchev–Trinajstić information content (AvgIpc) is 2.05. The molecule has 0 saturated carbocycles. The zero-order valence-corrected chi connectivity index (χ0v) is 19.1. The van der Waals surface area contributed by atoms with E-state index in [0.717, 1.165) is 6.42 Å². The van der Waals surface area contributed by atoms with Gasteiger partial charge in [0.05, 0.1) is 0 Å². The van der Waals surface area contributed by atoms with Crippen LogP contribution in [-0.4, -0.2) is 33.8 Å². The van der Waals surface area contributed by atoms with Crippen LogP contribution in [0.4, 0.5) is 0 Å². The van der Waals surface area contributed by atoms with Crippen LogP contribution in [0.3, 0.4) is 0 Å². The fourth-order valence-electron chi connectivity index (χ4n) is 1.71. The Kier molecular flexibility index (Phi) is 7.34. The average molecular weight is 351 g/mol. The Balaban J connectivity index is 5.56. The normalized spacial score (nSPS) is 15.1. The second-order valence-corrected chi connectivity index (χ2v) is 24.7. The zero-order chi connectivity index (χ0) is 16.2. The molecule has 0 heterocycles. The Hall–Kier alpha value is 0.488. The predicted octanol–water partition coefficient (Wildman–Crippen LogP) is 4.99. The molecule has 0 atom stereocenters. The molecule has 120 valence electrons. The molecule has 0 aliphatic carbocycles. The SMILES string of the molecule is CCC=C[Si](O[Si](C)(C)C)(O[Si](C)(C)C)O[Si](C)(C)C. The molecule has 7 heteroatoms. The van der Waals surface area contributed by atoms with Crippen LogP contribution in [0.5, 0.6) is 0 Å². The highest BCUT2D eigenvalue weighted by molar-refractivity contribution is 6.92. The lowest BCUT2D eigenvalue weighted by Crippen LogP contribution is -2.59. The van der Waals surface area contributed by atoms with E-state index in [1.807, 2.05) is 0 Å². The standard InChI is InChI=1S/C13H34O3Si4/c1-11-12-13-20(14-17(2,3)4,15-18(5,6)7)16-19(8,9)10/h12-13H,11H2,1-10H3. The van der Waals surface area contributed by atoms with Crippen molar-refractivity contribution in [2.75, 3.05) is 0 Å². The van der Waals surface area contributed by atoms with Gasteiger partial charge in [0, 0.05) is 0 Å². The predicted molar refractivity (Wildman–Crippen MR) is 98.5 cm³/mol. The summed E-state index contributed by atoms with van der Waals surface area (Å²) in [7, 11) is -7.93. The Morgan fingerprint density at radius 1 is 0.650 bits per heavy atom. The Morgan fingerprint density at radius 3 is 1.15 bits per heavy atom. The van der Waals surface area contributed by atoms with Crippen LogP contribution in [0.2, 0.25) is 58.9 Å². The number of rotatable bonds is 8. The summed E-state index contributed by atoms with van der Waals surface area (Å²) >= 11 is 0. The van der Waals surface area contributed by atoms with E-state index in [9.17, 15) is 0 Å². The van der Waals surface area contributed by atoms with Crippen molar-refractivity contribution >= 4 is 33.8 Å². The summed E-state index contributed by atoms with van der Waals surface area (Å²) in [6.45, 7) is 22.0. The summed E-state index contributed by atoms with van der Waals surface area (Å²) in [5.41, 5.74) is 2.13. The first-order valence-electron chi connectivity index (χ1n) is 7.46. The third-order valence-corrected chi connectivity index (χ3v) is 13.3. The minimum atomic E-state index is -2.72. The minimum absolute atomic E-state index is 0.980. The lowest BCUT2D eigenvalue weighted by atomic mass is 10.5. The number of hydrogen-bond acceptors (Lipinski definition) is 3. The van der Waals surface area contributed by atoms with Crippen molar-refractivity contribution in [2.24, 2.45) is 0 Å². The molecule has 3 nitrogen and oxygen atoms in total. The maximum absolute atomic E-state index is 6.50. The lowest BCUT2D eigenvalue weighted by molar-refractivity contribution is 0.271. The summed E-state index contributed by atoms with van der Waals surface area (Å²) in [4.78, 5) is 0. The van der Waals surface area contributed by atoms with Crippen molar-refractivity contribution in [1.82, 2.24) is 0 Å². The molecule has 20 heavy (non-hydrogen) atoms. The molecule has 0 aliphatic rings. The first-order valence-corrected chi connectivity index (χ1v) is 19.5. The molecule has 0 amide bonds. The molecule has 0 spiro atoms. The Morgan fingerprint density at radius 2 is 0.950 bits per heavy atom. The monoisotopic (exact) mass is 350 g/mol. The molecule has 0 rings (SSSR count). The van der Waals surface area contributed by atoms with E-state index >= 15 is 0 Å². The molecule has 0 saturated heterocycles. The Labute approximate surface area is 130 Å². The molecular weight excluding hydrogens is 316 g/mol. The summed E-state index contributed by atoms with van der Waals surface area (Å²) in [6, 6.07) is 0. The van der Waals surface area contributed by atoms with E-state index in [0.29, 0.717) is 0 Å². The van der Waals surface area contributed by atoms with Gasteiger partial charge in [0.1, 0.15) is 0 Å². The van der Waals surface area contributed by atoms with E-state index in [2.05, 4.69) is 77.6 Å². The third-order valence-electron chi connectivity index (χ3n) is 1.90. The maximum atomic E-state index is 6.50. The fraction of sp³-hybridized carbons (Fsp3) is 0.846. The van der Waals surface area contributed by atoms with Gasteiger partial charge in [-0.2, -0.15) is 0 Å². The second-order valence-electron chi connectivity index (χ2n) is 8.06. The largest absolute Gasteiger partial charge is 0.497 e. The second kappa shape index (κ2) is 7.17. The van der Waals surface area contributed by atoms with Crippen molar-refractivity contribution in [3.05, 3.63) is 11.8 Å². The summed E-state index contributed by atoms with van der Waals surface area (Å²) < 4.78 is 19.5. The van der Waals surface area contributed by atoms with Gasteiger partial charge in [-0.15, -0.1) is 0 Å². The Bertz CT molecular complexity index is 283. The van der Waals surface area contributed by atoms with Crippen molar-refractivity contribution in [3.8, 4) is 0 Å². The van der Waals surface area contributed by atoms with Crippen LogP contribution in [0.1, 0.15) is 13.3 Å². The van der Waals surface area contributed by atoms with E-state index in [1.54, 1.807) is 0 Å². The first kappa shape index (κ1) is 20.5. The highest BCUT2D eigenvalue weighted by Gasteiger charge is 2.48. The van der Waals surface area contributed by atoms with Crippen LogP contribution in [0.15, 0.2) is 11.8 Å². The number of allylic oxidation sites excluding steroid dienone is 1. The molecule has 0 aliphatic heterocycles. The van der Waals surface area contributed by atoms with Gasteiger partial charge in [-0.05, 0) is 71.0 Å². The van der Waals surface area contributed by atoms with Gasteiger partial charge < -0.3 is 12.3 Å². The van der Waals surface area contributed by atoms with Crippen molar-refractivity contribution in [1.29, 1.82) is 0 Å². The summed E-state index contributed by atoms with van der Waals surface area (Å²) in [5, 5.41) is 0. The summed E-state index contributed by atoms with van der Waals surface area (Å²) in [6.07, 6.45) is 3.13. The van der Waals surface area contributed by atoms with Crippen LogP contribution in [0, 0.1) is 0 Å². The van der Waals surface area contributed by atoms with Crippen LogP contribution >= 0.6 is 0 Å². The highest BCUT2D eigenvalue weighted by atomic mass is 28.5. The van der Waals surface area contributed by atoms with Crippen molar-refractivity contribution in [2.45, 2.75) is 72.3 Å². The van der Waals surface area contributed by atoms with E-state index < -0.39 is 33.8 Å². The van der Waals surface area contributed by atoms with Gasteiger partial charge in [-0.1, -0.05) is 13.0 Å². The molecule has 0 N–H and O–H groups in total. The molecule has 0 aromatic carbocycles. The third kappa shape index (κ3) is 10.2. The quantitative estimate of drug-likeness (QED) is 0.577. The van der Waals surface area contributed by atoms with Crippen molar-refractivity contribution < 1.29 is 12.3 Å². The van der Waals surface area contributed by atoms with Gasteiger partial charge in [0.2, 0.25) is 0 Å².